The molecule has 0 nitrogen and oxygen atoms in total. The van der Waals surface area contributed by atoms with Crippen molar-refractivity contribution in [3.05, 3.63) is 0 Å². The summed E-state index contributed by atoms with van der Waals surface area (Å²) in [6, 6.07) is 0. The molecule has 0 aromatic heterocycles. The summed E-state index contributed by atoms with van der Waals surface area (Å²) in [5.41, 5.74) is 0.851. The zero-order valence-corrected chi connectivity index (χ0v) is 17.8. The maximum atomic E-state index is 2.35. The molecule has 0 radical (unpaired) electrons. The molecule has 1 aliphatic carbocycles. The molecule has 1 atom stereocenters. The third-order valence-corrected chi connectivity index (χ3v) is 10.4. The number of hydrogen-bond acceptors (Lipinski definition) is 0. The summed E-state index contributed by atoms with van der Waals surface area (Å²) in [4.78, 5) is 0. The third-order valence-electron chi connectivity index (χ3n) is 4.98. The van der Waals surface area contributed by atoms with E-state index in [2.05, 4.69) is 20.8 Å². The van der Waals surface area contributed by atoms with Crippen molar-refractivity contribution in [2.75, 3.05) is 0 Å². The van der Waals surface area contributed by atoms with Crippen molar-refractivity contribution < 1.29 is 0 Å². The normalized spacial score (nSPS) is 27.2. The average molecular weight is 331 g/mol. The van der Waals surface area contributed by atoms with Crippen molar-refractivity contribution in [3.8, 4) is 0 Å². The Morgan fingerprint density at radius 2 is 1.25 bits per heavy atom. The van der Waals surface area contributed by atoms with Gasteiger partial charge in [0.25, 0.3) is 0 Å². The molecule has 0 bridgehead atoms. The van der Waals surface area contributed by atoms with Crippen LogP contribution in [-0.4, -0.2) is 22.5 Å². The Hall–Kier alpha value is 0.799. The minimum atomic E-state index is 0.851. The van der Waals surface area contributed by atoms with Gasteiger partial charge in [0.15, 0.2) is 0 Å². The monoisotopic (exact) mass is 332 g/mol. The van der Waals surface area contributed by atoms with E-state index in [1.165, 1.54) is 38.5 Å². The van der Waals surface area contributed by atoms with E-state index in [9.17, 15) is 0 Å². The van der Waals surface area contributed by atoms with Gasteiger partial charge in [0.2, 0.25) is 0 Å². The van der Waals surface area contributed by atoms with E-state index in [4.69, 9.17) is 0 Å². The molecule has 1 unspecified atom stereocenters. The van der Waals surface area contributed by atoms with Crippen LogP contribution < -0.4 is 0 Å². The first-order valence-corrected chi connectivity index (χ1v) is 10.5. The van der Waals surface area contributed by atoms with Gasteiger partial charge >= 0.3 is 116 Å². The maximum absolute atomic E-state index is 2.35. The molecule has 96 valence electrons. The molecule has 0 aromatic carbocycles. The van der Waals surface area contributed by atoms with E-state index in [-0.39, 0.29) is 0 Å². The first kappa shape index (κ1) is 14.9. The van der Waals surface area contributed by atoms with Crippen LogP contribution in [-0.2, 0) is 0 Å². The number of rotatable bonds is 9. The molecule has 0 N–H and O–H groups in total. The number of hydrogen-bond donors (Lipinski definition) is 0. The molecule has 0 saturated heterocycles. The Morgan fingerprint density at radius 3 is 1.69 bits per heavy atom. The van der Waals surface area contributed by atoms with Crippen LogP contribution in [0.3, 0.4) is 0 Å². The predicted molar refractivity (Wildman–Crippen MR) is 78.3 cm³/mol. The van der Waals surface area contributed by atoms with E-state index >= 15 is 0 Å². The summed E-state index contributed by atoms with van der Waals surface area (Å²) >= 11 is 0.871. The average Bonchev–Trinajstić information content (AvgIpc) is 2.88. The summed E-state index contributed by atoms with van der Waals surface area (Å²) in [7, 11) is 0. The van der Waals surface area contributed by atoms with Crippen molar-refractivity contribution in [1.29, 1.82) is 0 Å². The van der Waals surface area contributed by atoms with Gasteiger partial charge in [-0.15, -0.1) is 0 Å². The van der Waals surface area contributed by atoms with E-state index in [0.29, 0.717) is 0 Å². The second kappa shape index (κ2) is 6.66. The van der Waals surface area contributed by atoms with E-state index in [1.807, 2.05) is 0 Å². The van der Waals surface area contributed by atoms with Gasteiger partial charge in [0.1, 0.15) is 0 Å². The van der Waals surface area contributed by atoms with Crippen LogP contribution in [0.1, 0.15) is 85.0 Å². The summed E-state index contributed by atoms with van der Waals surface area (Å²) in [5, 5.41) is 0. The Kier molecular flexibility index (Phi) is 6.18. The fourth-order valence-electron chi connectivity index (χ4n) is 3.56. The van der Waals surface area contributed by atoms with Crippen LogP contribution in [0.25, 0.3) is 0 Å². The zero-order chi connectivity index (χ0) is 12.1. The molecule has 1 fully saturated rings. The Labute approximate surface area is 116 Å². The van der Waals surface area contributed by atoms with Gasteiger partial charge in [-0.25, -0.2) is 0 Å². The van der Waals surface area contributed by atoms with Crippen LogP contribution in [0.4, 0.5) is 0 Å². The molecule has 1 saturated carbocycles. The second-order valence-corrected chi connectivity index (χ2v) is 11.8. The van der Waals surface area contributed by atoms with Crippen LogP contribution in [0.5, 0.6) is 0 Å². The molecule has 0 heterocycles. The van der Waals surface area contributed by atoms with Crippen molar-refractivity contribution in [3.63, 3.8) is 0 Å². The topological polar surface area (TPSA) is 0 Å². The van der Waals surface area contributed by atoms with Crippen LogP contribution in [0.2, 0.25) is 3.43 Å². The fourth-order valence-corrected chi connectivity index (χ4v) is 7.93. The summed E-state index contributed by atoms with van der Waals surface area (Å²) < 4.78 is 0.926. The van der Waals surface area contributed by atoms with Gasteiger partial charge in [-0.05, 0) is 0 Å². The van der Waals surface area contributed by atoms with Gasteiger partial charge in [-0.3, -0.25) is 0 Å². The Balaban J connectivity index is 2.47. The van der Waals surface area contributed by atoms with E-state index in [1.54, 1.807) is 25.7 Å². The van der Waals surface area contributed by atoms with E-state index < -0.39 is 0 Å². The van der Waals surface area contributed by atoms with Crippen molar-refractivity contribution >= 4 is 22.5 Å². The standard InChI is InChI=1S/C15H29.Sn.3H/c1-4-7-10-14-13-15(14,11-8-5-2)12-9-6-3;;;;/h4-13H2,1-3H3;;;;. The minimum absolute atomic E-state index is 0.851. The first-order chi connectivity index (χ1) is 7.64. The molecule has 1 aliphatic rings. The van der Waals surface area contributed by atoms with Crippen molar-refractivity contribution in [2.24, 2.45) is 5.41 Å². The SMILES string of the molecule is CCCC[C]1([SnH3])CC1(CCCC)CCCC. The molecule has 0 aliphatic heterocycles. The fraction of sp³-hybridized carbons (Fsp3) is 1.00. The van der Waals surface area contributed by atoms with Crippen molar-refractivity contribution in [2.45, 2.75) is 88.4 Å². The Morgan fingerprint density at radius 1 is 0.812 bits per heavy atom. The summed E-state index contributed by atoms with van der Waals surface area (Å²) in [5.74, 6) is 0. The van der Waals surface area contributed by atoms with Crippen LogP contribution in [0, 0.1) is 5.41 Å². The quantitative estimate of drug-likeness (QED) is 0.547. The molecular formula is C15H32Sn. The molecule has 0 spiro atoms. The third kappa shape index (κ3) is 3.40. The molecule has 16 heavy (non-hydrogen) atoms. The second-order valence-electron chi connectivity index (χ2n) is 6.33. The van der Waals surface area contributed by atoms with Gasteiger partial charge in [-0.2, -0.15) is 0 Å². The van der Waals surface area contributed by atoms with Gasteiger partial charge < -0.3 is 0 Å². The summed E-state index contributed by atoms with van der Waals surface area (Å²) in [6.45, 7) is 7.05. The summed E-state index contributed by atoms with van der Waals surface area (Å²) in [6.07, 6.45) is 15.0. The molecule has 1 heteroatoms. The molecular weight excluding hydrogens is 299 g/mol. The van der Waals surface area contributed by atoms with E-state index in [0.717, 1.165) is 31.4 Å². The Bertz CT molecular complexity index is 192. The van der Waals surface area contributed by atoms with Gasteiger partial charge in [0, 0.05) is 0 Å². The van der Waals surface area contributed by atoms with Gasteiger partial charge in [-0.1, -0.05) is 0 Å². The first-order valence-electron chi connectivity index (χ1n) is 7.64. The predicted octanol–water partition coefficient (Wildman–Crippen LogP) is 4.47. The van der Waals surface area contributed by atoms with Crippen molar-refractivity contribution in [1.82, 2.24) is 0 Å². The van der Waals surface area contributed by atoms with Crippen LogP contribution in [0.15, 0.2) is 0 Å². The number of unbranched alkanes of at least 4 members (excludes halogenated alkanes) is 3. The van der Waals surface area contributed by atoms with Crippen LogP contribution >= 0.6 is 0 Å². The van der Waals surface area contributed by atoms with Gasteiger partial charge in [0.05, 0.1) is 0 Å². The zero-order valence-electron chi connectivity index (χ0n) is 12.1. The molecule has 0 amide bonds. The molecule has 1 rings (SSSR count). The molecule has 0 aromatic rings.